The Balaban J connectivity index is 3.69. The molecule has 8 nitrogen and oxygen atoms in total. The third kappa shape index (κ3) is 8.17. The van der Waals surface area contributed by atoms with Crippen molar-refractivity contribution in [3.05, 3.63) is 0 Å². The van der Waals surface area contributed by atoms with Crippen LogP contribution in [-0.2, 0) is 14.4 Å². The van der Waals surface area contributed by atoms with Gasteiger partial charge in [0.1, 0.15) is 12.6 Å². The number of carbonyl (C=O) groups is 3. The number of carboxylic acids is 2. The number of aliphatic carboxylic acids is 2. The molecular formula is C8H15N3O5S2. The number of rotatable bonds is 9. The minimum Gasteiger partial charge on any atom is -0.480 e. The Hall–Kier alpha value is -0.970. The fraction of sp³-hybridized carbons (Fsp3) is 0.625. The zero-order chi connectivity index (χ0) is 14.1. The van der Waals surface area contributed by atoms with Crippen molar-refractivity contribution in [3.63, 3.8) is 0 Å². The third-order valence-corrected chi connectivity index (χ3v) is 4.12. The number of amides is 1. The van der Waals surface area contributed by atoms with Gasteiger partial charge in [0, 0.05) is 11.5 Å². The second kappa shape index (κ2) is 9.03. The second-order valence-electron chi connectivity index (χ2n) is 3.23. The summed E-state index contributed by atoms with van der Waals surface area (Å²) >= 11 is 0. The Morgan fingerprint density at radius 1 is 1.06 bits per heavy atom. The van der Waals surface area contributed by atoms with E-state index in [0.29, 0.717) is 0 Å². The van der Waals surface area contributed by atoms with Gasteiger partial charge in [0.15, 0.2) is 0 Å². The lowest BCUT2D eigenvalue weighted by molar-refractivity contribution is -0.138. The molecule has 0 aliphatic rings. The molecule has 18 heavy (non-hydrogen) atoms. The molecule has 0 heterocycles. The maximum atomic E-state index is 11.2. The summed E-state index contributed by atoms with van der Waals surface area (Å²) in [7, 11) is 2.40. The van der Waals surface area contributed by atoms with E-state index in [9.17, 15) is 14.4 Å². The number of carboxylic acid groups (broad SMARTS) is 2. The molecule has 0 aromatic heterocycles. The van der Waals surface area contributed by atoms with Crippen LogP contribution in [0.5, 0.6) is 0 Å². The van der Waals surface area contributed by atoms with Crippen LogP contribution in [0.4, 0.5) is 0 Å². The summed E-state index contributed by atoms with van der Waals surface area (Å²) in [6, 6.07) is -1.80. The summed E-state index contributed by atoms with van der Waals surface area (Å²) in [5.41, 5.74) is 10.8. The van der Waals surface area contributed by atoms with Gasteiger partial charge in [0.2, 0.25) is 5.91 Å². The highest BCUT2D eigenvalue weighted by Gasteiger charge is 2.15. The highest BCUT2D eigenvalue weighted by Crippen LogP contribution is 2.22. The van der Waals surface area contributed by atoms with Gasteiger partial charge in [-0.3, -0.25) is 14.4 Å². The minimum atomic E-state index is -1.15. The summed E-state index contributed by atoms with van der Waals surface area (Å²) in [5.74, 6) is -2.36. The number of carbonyl (C=O) groups excluding carboxylic acids is 1. The van der Waals surface area contributed by atoms with Crippen molar-refractivity contribution in [1.29, 1.82) is 0 Å². The van der Waals surface area contributed by atoms with E-state index in [1.807, 2.05) is 0 Å². The van der Waals surface area contributed by atoms with E-state index in [-0.39, 0.29) is 11.5 Å². The van der Waals surface area contributed by atoms with Crippen LogP contribution in [0.15, 0.2) is 0 Å². The van der Waals surface area contributed by atoms with Crippen molar-refractivity contribution in [1.82, 2.24) is 5.32 Å². The fourth-order valence-corrected chi connectivity index (χ4v) is 2.92. The second-order valence-corrected chi connectivity index (χ2v) is 5.78. The van der Waals surface area contributed by atoms with Crippen LogP contribution in [0.2, 0.25) is 0 Å². The molecule has 7 N–H and O–H groups in total. The molecule has 0 radical (unpaired) electrons. The van der Waals surface area contributed by atoms with E-state index >= 15 is 0 Å². The number of hydrogen-bond donors (Lipinski definition) is 5. The molecule has 0 aliphatic carbocycles. The van der Waals surface area contributed by atoms with Crippen LogP contribution < -0.4 is 16.8 Å². The quantitative estimate of drug-likeness (QED) is 0.247. The molecule has 0 rings (SSSR count). The fourth-order valence-electron chi connectivity index (χ4n) is 0.684. The van der Waals surface area contributed by atoms with Crippen LogP contribution in [-0.4, -0.2) is 58.2 Å². The smallest absolute Gasteiger partial charge is 0.322 e. The lowest BCUT2D eigenvalue weighted by atomic mass is 10.3. The SMILES string of the molecule is NC(CSSC[C@H](N)C(=O)NCC(=O)O)C(=O)O. The van der Waals surface area contributed by atoms with E-state index in [1.54, 1.807) is 0 Å². The Morgan fingerprint density at radius 3 is 2.00 bits per heavy atom. The first-order valence-corrected chi connectivity index (χ1v) is 7.31. The zero-order valence-corrected chi connectivity index (χ0v) is 11.0. The molecule has 104 valence electrons. The van der Waals surface area contributed by atoms with Crippen LogP contribution in [0.25, 0.3) is 0 Å². The maximum Gasteiger partial charge on any atom is 0.322 e. The van der Waals surface area contributed by atoms with Gasteiger partial charge in [0.05, 0.1) is 6.04 Å². The molecule has 10 heteroatoms. The highest BCUT2D eigenvalue weighted by atomic mass is 33.1. The molecule has 0 aliphatic heterocycles. The van der Waals surface area contributed by atoms with E-state index in [4.69, 9.17) is 21.7 Å². The van der Waals surface area contributed by atoms with Gasteiger partial charge in [0.25, 0.3) is 0 Å². The van der Waals surface area contributed by atoms with Crippen LogP contribution in [0, 0.1) is 0 Å². The molecular weight excluding hydrogens is 282 g/mol. The predicted molar refractivity (Wildman–Crippen MR) is 69.1 cm³/mol. The molecule has 0 fully saturated rings. The van der Waals surface area contributed by atoms with Crippen molar-refractivity contribution in [3.8, 4) is 0 Å². The van der Waals surface area contributed by atoms with Crippen molar-refractivity contribution in [2.75, 3.05) is 18.1 Å². The van der Waals surface area contributed by atoms with Gasteiger partial charge in [-0.15, -0.1) is 0 Å². The van der Waals surface area contributed by atoms with Gasteiger partial charge in [-0.05, 0) is 0 Å². The monoisotopic (exact) mass is 297 g/mol. The first-order chi connectivity index (χ1) is 8.34. The lowest BCUT2D eigenvalue weighted by Gasteiger charge is -2.11. The molecule has 0 aromatic rings. The zero-order valence-electron chi connectivity index (χ0n) is 9.37. The highest BCUT2D eigenvalue weighted by molar-refractivity contribution is 8.76. The average Bonchev–Trinajstić information content (AvgIpc) is 2.30. The van der Waals surface area contributed by atoms with E-state index in [1.165, 1.54) is 21.6 Å². The van der Waals surface area contributed by atoms with Gasteiger partial charge in [-0.2, -0.15) is 0 Å². The average molecular weight is 297 g/mol. The Bertz CT molecular complexity index is 315. The van der Waals surface area contributed by atoms with Crippen LogP contribution in [0.3, 0.4) is 0 Å². The van der Waals surface area contributed by atoms with Crippen molar-refractivity contribution < 1.29 is 24.6 Å². The molecule has 0 saturated carbocycles. The molecule has 0 saturated heterocycles. The summed E-state index contributed by atoms with van der Waals surface area (Å²) in [6.45, 7) is -0.478. The van der Waals surface area contributed by atoms with Gasteiger partial charge >= 0.3 is 11.9 Å². The van der Waals surface area contributed by atoms with Gasteiger partial charge < -0.3 is 27.0 Å². The molecule has 2 atom stereocenters. The number of hydrogen-bond acceptors (Lipinski definition) is 7. The van der Waals surface area contributed by atoms with Gasteiger partial charge in [-0.25, -0.2) is 0 Å². The summed E-state index contributed by atoms with van der Waals surface area (Å²) in [4.78, 5) is 31.8. The van der Waals surface area contributed by atoms with E-state index in [2.05, 4.69) is 5.32 Å². The van der Waals surface area contributed by atoms with E-state index < -0.39 is 36.5 Å². The number of nitrogens with two attached hydrogens (primary N) is 2. The van der Waals surface area contributed by atoms with Crippen LogP contribution in [0.1, 0.15) is 0 Å². The first-order valence-electron chi connectivity index (χ1n) is 4.82. The summed E-state index contributed by atoms with van der Waals surface area (Å²) < 4.78 is 0. The number of nitrogens with one attached hydrogen (secondary N) is 1. The molecule has 1 amide bonds. The largest absolute Gasteiger partial charge is 0.480 e. The van der Waals surface area contributed by atoms with Crippen molar-refractivity contribution in [2.24, 2.45) is 11.5 Å². The molecule has 0 bridgehead atoms. The topological polar surface area (TPSA) is 156 Å². The Kier molecular flexibility index (Phi) is 8.54. The predicted octanol–water partition coefficient (Wildman–Crippen LogP) is -1.69. The third-order valence-electron chi connectivity index (χ3n) is 1.65. The molecule has 1 unspecified atom stereocenters. The molecule has 0 aromatic carbocycles. The van der Waals surface area contributed by atoms with Crippen LogP contribution >= 0.6 is 21.6 Å². The van der Waals surface area contributed by atoms with Crippen molar-refractivity contribution >= 4 is 39.4 Å². The molecule has 0 spiro atoms. The maximum absolute atomic E-state index is 11.2. The standard InChI is InChI=1S/C8H15N3O5S2/c9-4(7(14)11-1-6(12)13)2-17-18-3-5(10)8(15)16/h4-5H,1-3,9-10H2,(H,11,14)(H,12,13)(H,15,16)/t4-,5?/m0/s1. The Labute approximate surface area is 111 Å². The summed E-state index contributed by atoms with van der Waals surface area (Å²) in [6.07, 6.45) is 0. The van der Waals surface area contributed by atoms with E-state index in [0.717, 1.165) is 0 Å². The Morgan fingerprint density at radius 2 is 1.56 bits per heavy atom. The van der Waals surface area contributed by atoms with Crippen molar-refractivity contribution in [2.45, 2.75) is 12.1 Å². The normalized spacial score (nSPS) is 13.7. The summed E-state index contributed by atoms with van der Waals surface area (Å²) in [5, 5.41) is 19.0. The first kappa shape index (κ1) is 17.0. The lowest BCUT2D eigenvalue weighted by Crippen LogP contribution is -2.43. The van der Waals surface area contributed by atoms with Gasteiger partial charge in [-0.1, -0.05) is 21.6 Å². The minimum absolute atomic E-state index is 0.198.